The molecule has 0 aliphatic heterocycles. The third-order valence-electron chi connectivity index (χ3n) is 4.64. The Hall–Kier alpha value is -2.95. The van der Waals surface area contributed by atoms with Crippen LogP contribution in [-0.2, 0) is 4.79 Å². The number of pyridine rings is 1. The highest BCUT2D eigenvalue weighted by Gasteiger charge is 2.38. The zero-order valence-electron chi connectivity index (χ0n) is 17.4. The smallest absolute Gasteiger partial charge is 0.354 e. The van der Waals surface area contributed by atoms with Crippen LogP contribution in [0.2, 0.25) is 5.02 Å². The summed E-state index contributed by atoms with van der Waals surface area (Å²) in [6.07, 6.45) is -0.493. The average Bonchev–Trinajstić information content (AvgIpc) is 3.09. The number of hydrogen-bond donors (Lipinski definition) is 3. The van der Waals surface area contributed by atoms with E-state index in [1.807, 2.05) is 5.32 Å². The molecule has 0 aromatic carbocycles. The van der Waals surface area contributed by atoms with E-state index in [-0.39, 0.29) is 24.0 Å². The number of nitrogens with zero attached hydrogens (tertiary/aromatic N) is 3. The van der Waals surface area contributed by atoms with Crippen molar-refractivity contribution in [2.45, 2.75) is 38.9 Å². The topological polar surface area (TPSA) is 95.6 Å². The molecule has 0 bridgehead atoms. The molecular formula is C20H21ClF4N6O. The van der Waals surface area contributed by atoms with Crippen molar-refractivity contribution in [3.8, 4) is 11.4 Å². The lowest BCUT2D eigenvalue weighted by Gasteiger charge is -2.32. The molecule has 32 heavy (non-hydrogen) atoms. The van der Waals surface area contributed by atoms with Crippen LogP contribution in [0.5, 0.6) is 0 Å². The SMILES string of the molecule is CC(C)C[C@@](C)(Nc1nc(-c2c[nH]c3ncc(Cl)cc23)ncc1F)C(=O)NCC(F)(F)F. The predicted molar refractivity (Wildman–Crippen MR) is 113 cm³/mol. The number of aromatic nitrogens is 4. The zero-order valence-corrected chi connectivity index (χ0v) is 18.2. The number of hydrogen-bond acceptors (Lipinski definition) is 5. The van der Waals surface area contributed by atoms with Crippen LogP contribution in [0.15, 0.2) is 24.7 Å². The highest BCUT2D eigenvalue weighted by molar-refractivity contribution is 6.31. The maximum Gasteiger partial charge on any atom is 0.405 e. The van der Waals surface area contributed by atoms with Gasteiger partial charge in [0.05, 0.1) is 11.2 Å². The maximum atomic E-state index is 14.6. The molecule has 3 rings (SSSR count). The first-order valence-corrected chi connectivity index (χ1v) is 10.0. The van der Waals surface area contributed by atoms with Crippen LogP contribution in [-0.4, -0.2) is 44.1 Å². The Morgan fingerprint density at radius 3 is 2.62 bits per heavy atom. The number of amides is 1. The van der Waals surface area contributed by atoms with Gasteiger partial charge in [-0.1, -0.05) is 25.4 Å². The summed E-state index contributed by atoms with van der Waals surface area (Å²) in [5.41, 5.74) is -0.551. The molecule has 3 aromatic heterocycles. The fourth-order valence-corrected chi connectivity index (χ4v) is 3.56. The largest absolute Gasteiger partial charge is 0.405 e. The molecule has 1 amide bonds. The number of H-pyrrole nitrogens is 1. The predicted octanol–water partition coefficient (Wildman–Crippen LogP) is 4.71. The van der Waals surface area contributed by atoms with Crippen molar-refractivity contribution in [3.63, 3.8) is 0 Å². The van der Waals surface area contributed by atoms with E-state index in [9.17, 15) is 22.4 Å². The summed E-state index contributed by atoms with van der Waals surface area (Å²) in [6.45, 7) is 3.49. The van der Waals surface area contributed by atoms with Crippen LogP contribution >= 0.6 is 11.6 Å². The summed E-state index contributed by atoms with van der Waals surface area (Å²) in [7, 11) is 0. The second-order valence-electron chi connectivity index (χ2n) is 8.00. The highest BCUT2D eigenvalue weighted by Crippen LogP contribution is 2.30. The van der Waals surface area contributed by atoms with E-state index in [4.69, 9.17) is 11.6 Å². The fraction of sp³-hybridized carbons (Fsp3) is 0.400. The molecule has 0 spiro atoms. The molecule has 0 unspecified atom stereocenters. The minimum atomic E-state index is -4.58. The van der Waals surface area contributed by atoms with Gasteiger partial charge in [0, 0.05) is 23.3 Å². The van der Waals surface area contributed by atoms with Gasteiger partial charge in [-0.05, 0) is 25.3 Å². The molecule has 7 nitrogen and oxygen atoms in total. The Kier molecular flexibility index (Phi) is 6.59. The monoisotopic (exact) mass is 472 g/mol. The number of rotatable bonds is 7. The van der Waals surface area contributed by atoms with Crippen molar-refractivity contribution >= 4 is 34.4 Å². The van der Waals surface area contributed by atoms with Crippen molar-refractivity contribution in [2.75, 3.05) is 11.9 Å². The minimum Gasteiger partial charge on any atom is -0.354 e. The minimum absolute atomic E-state index is 0.0876. The second kappa shape index (κ2) is 8.89. The summed E-state index contributed by atoms with van der Waals surface area (Å²) in [6, 6.07) is 1.64. The van der Waals surface area contributed by atoms with E-state index in [1.54, 1.807) is 26.1 Å². The molecule has 12 heteroatoms. The number of fused-ring (bicyclic) bond motifs is 1. The van der Waals surface area contributed by atoms with Crippen LogP contribution in [0, 0.1) is 11.7 Å². The Bertz CT molecular complexity index is 1130. The van der Waals surface area contributed by atoms with Crippen LogP contribution in [0.3, 0.4) is 0 Å². The average molecular weight is 473 g/mol. The molecule has 0 fully saturated rings. The Morgan fingerprint density at radius 2 is 1.97 bits per heavy atom. The van der Waals surface area contributed by atoms with E-state index in [0.717, 1.165) is 6.20 Å². The number of carbonyl (C=O) groups is 1. The van der Waals surface area contributed by atoms with Crippen LogP contribution < -0.4 is 10.6 Å². The Balaban J connectivity index is 1.96. The quantitative estimate of drug-likeness (QED) is 0.433. The van der Waals surface area contributed by atoms with Gasteiger partial charge in [-0.15, -0.1) is 0 Å². The van der Waals surface area contributed by atoms with Gasteiger partial charge in [0.25, 0.3) is 0 Å². The van der Waals surface area contributed by atoms with Crippen molar-refractivity contribution in [3.05, 3.63) is 35.5 Å². The first-order chi connectivity index (χ1) is 14.9. The lowest BCUT2D eigenvalue weighted by molar-refractivity contribution is -0.141. The van der Waals surface area contributed by atoms with Gasteiger partial charge < -0.3 is 15.6 Å². The molecule has 172 valence electrons. The summed E-state index contributed by atoms with van der Waals surface area (Å²) < 4.78 is 52.3. The lowest BCUT2D eigenvalue weighted by Crippen LogP contribution is -2.53. The van der Waals surface area contributed by atoms with E-state index >= 15 is 0 Å². The molecule has 3 aromatic rings. The van der Waals surface area contributed by atoms with Crippen molar-refractivity contribution < 1.29 is 22.4 Å². The number of nitrogens with one attached hydrogen (secondary N) is 3. The van der Waals surface area contributed by atoms with Crippen molar-refractivity contribution in [2.24, 2.45) is 5.92 Å². The summed E-state index contributed by atoms with van der Waals surface area (Å²) in [4.78, 5) is 27.9. The Labute approximate surface area is 186 Å². The standard InChI is InChI=1S/C20H21ClF4N6O/c1-10(2)5-19(3,18(32)29-9-20(23,24)25)31-17-14(22)8-28-16(30-17)13-7-27-15-12(13)4-11(21)6-26-15/h4,6-8,10H,5,9H2,1-3H3,(H,26,27)(H,29,32)(H,28,30,31)/t19-/m1/s1. The molecule has 0 aliphatic rings. The molecule has 0 saturated heterocycles. The number of alkyl halides is 3. The van der Waals surface area contributed by atoms with Crippen molar-refractivity contribution in [1.29, 1.82) is 0 Å². The number of anilines is 1. The normalized spacial score (nSPS) is 13.9. The van der Waals surface area contributed by atoms with E-state index in [2.05, 4.69) is 25.3 Å². The first kappa shape index (κ1) is 23.7. The zero-order chi connectivity index (χ0) is 23.7. The molecule has 3 N–H and O–H groups in total. The molecule has 0 radical (unpaired) electrons. The molecule has 0 aliphatic carbocycles. The highest BCUT2D eigenvalue weighted by atomic mass is 35.5. The summed E-state index contributed by atoms with van der Waals surface area (Å²) >= 11 is 6.01. The maximum absolute atomic E-state index is 14.6. The van der Waals surface area contributed by atoms with Gasteiger partial charge in [-0.3, -0.25) is 4.79 Å². The third kappa shape index (κ3) is 5.45. The lowest BCUT2D eigenvalue weighted by atomic mass is 9.89. The number of halogens is 5. The van der Waals surface area contributed by atoms with Gasteiger partial charge in [0.1, 0.15) is 17.7 Å². The van der Waals surface area contributed by atoms with E-state index < -0.39 is 30.0 Å². The van der Waals surface area contributed by atoms with Crippen LogP contribution in [0.1, 0.15) is 27.2 Å². The number of aromatic amines is 1. The van der Waals surface area contributed by atoms with Crippen molar-refractivity contribution in [1.82, 2.24) is 25.3 Å². The first-order valence-electron chi connectivity index (χ1n) is 9.67. The van der Waals surface area contributed by atoms with Gasteiger partial charge in [-0.2, -0.15) is 13.2 Å². The van der Waals surface area contributed by atoms with Crippen LogP contribution in [0.4, 0.5) is 23.4 Å². The summed E-state index contributed by atoms with van der Waals surface area (Å²) in [5.74, 6) is -2.07. The molecular weight excluding hydrogens is 452 g/mol. The van der Waals surface area contributed by atoms with Gasteiger partial charge in [0.2, 0.25) is 5.91 Å². The Morgan fingerprint density at radius 1 is 1.25 bits per heavy atom. The fourth-order valence-electron chi connectivity index (χ4n) is 3.40. The summed E-state index contributed by atoms with van der Waals surface area (Å²) in [5, 5.41) is 5.54. The van der Waals surface area contributed by atoms with E-state index in [1.165, 1.54) is 13.1 Å². The van der Waals surface area contributed by atoms with Gasteiger partial charge in [-0.25, -0.2) is 19.3 Å². The van der Waals surface area contributed by atoms with Gasteiger partial charge >= 0.3 is 6.18 Å². The molecule has 1 atom stereocenters. The number of carbonyl (C=O) groups excluding carboxylic acids is 1. The van der Waals surface area contributed by atoms with Crippen LogP contribution in [0.25, 0.3) is 22.4 Å². The molecule has 0 saturated carbocycles. The van der Waals surface area contributed by atoms with Gasteiger partial charge in [0.15, 0.2) is 17.5 Å². The second-order valence-corrected chi connectivity index (χ2v) is 8.43. The molecule has 3 heterocycles. The van der Waals surface area contributed by atoms with E-state index in [0.29, 0.717) is 21.6 Å². The third-order valence-corrected chi connectivity index (χ3v) is 4.85.